The molecule has 1 aromatic heterocycles. The van der Waals surface area contributed by atoms with Gasteiger partial charge in [0.05, 0.1) is 34.0 Å². The van der Waals surface area contributed by atoms with Crippen LogP contribution in [0.2, 0.25) is 0 Å². The SMILES string of the molecule is CC(C)(C)C1=CC2C3=C(CCC(C(C)(C)C)=C3)N(c3cc(-n4c5ccc(C(C)(C)C)cc5c5cc(C(C)(C)C)ccc54)c(C4=NC(C5C=C6C7=CC=CCC7C(C)(C)C6=CC5)NC(c5ccccc5)N4)cc3C#N)C2C=C1. The zero-order valence-electron chi connectivity index (χ0n) is 48.3. The van der Waals surface area contributed by atoms with E-state index >= 15 is 0 Å². The number of hydrogen-bond donors (Lipinski definition) is 2. The van der Waals surface area contributed by atoms with Gasteiger partial charge in [-0.2, -0.15) is 5.26 Å². The number of nitriles is 1. The molecule has 5 aliphatic carbocycles. The molecule has 0 bridgehead atoms. The molecule has 2 aliphatic heterocycles. The van der Waals surface area contributed by atoms with E-state index in [-0.39, 0.29) is 57.3 Å². The molecule has 6 heteroatoms. The van der Waals surface area contributed by atoms with Crippen molar-refractivity contribution in [2.75, 3.05) is 4.90 Å². The minimum absolute atomic E-state index is 0.00492. The summed E-state index contributed by atoms with van der Waals surface area (Å²) in [5.41, 5.74) is 19.4. The van der Waals surface area contributed by atoms with Gasteiger partial charge in [0.15, 0.2) is 0 Å². The Labute approximate surface area is 459 Å². The number of aliphatic imine (C=N–C) groups is 1. The molecule has 0 saturated heterocycles. The summed E-state index contributed by atoms with van der Waals surface area (Å²) in [5, 5.41) is 22.2. The molecule has 1 fully saturated rings. The number of rotatable bonds is 5. The smallest absolute Gasteiger partial charge is 0.133 e. The quantitative estimate of drug-likeness (QED) is 0.184. The Morgan fingerprint density at radius 3 is 2.06 bits per heavy atom. The molecule has 5 aromatic rings. The van der Waals surface area contributed by atoms with Gasteiger partial charge in [-0.1, -0.05) is 200 Å². The highest BCUT2D eigenvalue weighted by Crippen LogP contribution is 2.58. The number of anilines is 1. The van der Waals surface area contributed by atoms with E-state index in [2.05, 4.69) is 257 Å². The summed E-state index contributed by atoms with van der Waals surface area (Å²) < 4.78 is 2.50. The van der Waals surface area contributed by atoms with Crippen molar-refractivity contribution >= 4 is 33.3 Å². The lowest BCUT2D eigenvalue weighted by molar-refractivity contribution is 0.328. The summed E-state index contributed by atoms with van der Waals surface area (Å²) in [7, 11) is 0. The third kappa shape index (κ3) is 8.58. The molecule has 1 saturated carbocycles. The van der Waals surface area contributed by atoms with Crippen LogP contribution in [0.5, 0.6) is 0 Å². The first-order valence-corrected chi connectivity index (χ1v) is 28.7. The summed E-state index contributed by atoms with van der Waals surface area (Å²) in [6.45, 7) is 32.7. The maximum absolute atomic E-state index is 11.7. The van der Waals surface area contributed by atoms with E-state index in [1.807, 2.05) is 0 Å². The Balaban J connectivity index is 1.12. The van der Waals surface area contributed by atoms with Crippen LogP contribution in [0.4, 0.5) is 5.69 Å². The second-order valence-electron chi connectivity index (χ2n) is 28.0. The van der Waals surface area contributed by atoms with Gasteiger partial charge < -0.3 is 14.8 Å². The van der Waals surface area contributed by atoms with Crippen molar-refractivity contribution in [3.63, 3.8) is 0 Å². The van der Waals surface area contributed by atoms with Gasteiger partial charge >= 0.3 is 0 Å². The van der Waals surface area contributed by atoms with Crippen LogP contribution in [0.1, 0.15) is 157 Å². The maximum atomic E-state index is 11.7. The van der Waals surface area contributed by atoms with Crippen LogP contribution in [-0.4, -0.2) is 22.6 Å². The molecule has 4 aromatic carbocycles. The Morgan fingerprint density at radius 1 is 0.740 bits per heavy atom. The second-order valence-corrected chi connectivity index (χ2v) is 28.0. The van der Waals surface area contributed by atoms with Crippen LogP contribution in [0.15, 0.2) is 178 Å². The summed E-state index contributed by atoms with van der Waals surface area (Å²) in [4.78, 5) is 8.40. The molecule has 0 spiro atoms. The van der Waals surface area contributed by atoms with Crippen molar-refractivity contribution in [2.24, 2.45) is 39.0 Å². The zero-order chi connectivity index (χ0) is 54.3. The highest BCUT2D eigenvalue weighted by molar-refractivity contribution is 6.12. The number of benzene rings is 4. The van der Waals surface area contributed by atoms with Gasteiger partial charge in [-0.15, -0.1) is 0 Å². The van der Waals surface area contributed by atoms with Gasteiger partial charge in [0, 0.05) is 33.9 Å². The van der Waals surface area contributed by atoms with Gasteiger partial charge in [-0.05, 0) is 140 Å². The van der Waals surface area contributed by atoms with Crippen molar-refractivity contribution in [3.05, 3.63) is 200 Å². The number of aromatic nitrogens is 1. The molecular formula is C71H80N6. The number of nitrogens with zero attached hydrogens (tertiary/aromatic N) is 4. The molecular weight excluding hydrogens is 937 g/mol. The van der Waals surface area contributed by atoms with E-state index in [0.717, 1.165) is 65.1 Å². The van der Waals surface area contributed by atoms with Gasteiger partial charge in [-0.25, -0.2) is 4.99 Å². The van der Waals surface area contributed by atoms with Gasteiger partial charge in [0.1, 0.15) is 24.2 Å². The summed E-state index contributed by atoms with van der Waals surface area (Å²) >= 11 is 0. The van der Waals surface area contributed by atoms with Gasteiger partial charge in [0.2, 0.25) is 0 Å². The van der Waals surface area contributed by atoms with Crippen LogP contribution in [-0.2, 0) is 10.8 Å². The molecule has 3 heterocycles. The molecule has 394 valence electrons. The Hall–Kier alpha value is -6.68. The highest BCUT2D eigenvalue weighted by atomic mass is 15.3. The third-order valence-electron chi connectivity index (χ3n) is 18.5. The van der Waals surface area contributed by atoms with E-state index in [1.54, 1.807) is 0 Å². The Morgan fingerprint density at radius 2 is 1.43 bits per heavy atom. The highest BCUT2D eigenvalue weighted by Gasteiger charge is 2.48. The van der Waals surface area contributed by atoms with Crippen molar-refractivity contribution < 1.29 is 0 Å². The average molecular weight is 1020 g/mol. The molecule has 0 amide bonds. The number of nitrogens with one attached hydrogen (secondary N) is 2. The van der Waals surface area contributed by atoms with Crippen LogP contribution in [0, 0.1) is 45.3 Å². The fourth-order valence-corrected chi connectivity index (χ4v) is 13.9. The fourth-order valence-electron chi connectivity index (χ4n) is 13.9. The largest absolute Gasteiger partial charge is 0.350 e. The maximum Gasteiger partial charge on any atom is 0.133 e. The van der Waals surface area contributed by atoms with Crippen LogP contribution >= 0.6 is 0 Å². The van der Waals surface area contributed by atoms with Crippen LogP contribution < -0.4 is 15.5 Å². The molecule has 7 aliphatic rings. The third-order valence-corrected chi connectivity index (χ3v) is 18.5. The number of amidine groups is 1. The number of hydrogen-bond acceptors (Lipinski definition) is 5. The molecule has 6 nitrogen and oxygen atoms in total. The second kappa shape index (κ2) is 17.9. The predicted molar refractivity (Wildman–Crippen MR) is 322 cm³/mol. The van der Waals surface area contributed by atoms with E-state index in [9.17, 15) is 5.26 Å². The first-order valence-electron chi connectivity index (χ1n) is 28.7. The van der Waals surface area contributed by atoms with Crippen molar-refractivity contribution in [2.45, 2.75) is 152 Å². The summed E-state index contributed by atoms with van der Waals surface area (Å²) in [6.07, 6.45) is 25.2. The zero-order valence-corrected chi connectivity index (χ0v) is 48.3. The number of allylic oxidation sites excluding steroid dienone is 12. The summed E-state index contributed by atoms with van der Waals surface area (Å²) in [5.74, 6) is 1.51. The van der Waals surface area contributed by atoms with Crippen LogP contribution in [0.3, 0.4) is 0 Å². The van der Waals surface area contributed by atoms with Crippen molar-refractivity contribution in [1.82, 2.24) is 15.2 Å². The Bertz CT molecular complexity index is 3560. The lowest BCUT2D eigenvalue weighted by Gasteiger charge is -2.37. The standard InChI is InChI=1S/C71H80N6/c1-67(2,3)45-25-30-58-51(36-45)52-37-46(68(4,5)6)26-31-59(52)76(58)62-40-63(77-60-32-27-47(69(7,8)9)38-53(60)54-39-48(70(10,11)12)28-33-61(54)77)55(35-44(62)41-72)66-74-64(42-20-16-15-17-21-42)73-65(75-66)43-24-29-57-50(34-43)49-22-18-19-23-56(49)71(57,13)14/h15-22,25,27-30,32-40,43,51,56,58,64-65,73H,23-24,26,31H2,1-14H3,(H,74,75). The predicted octanol–water partition coefficient (Wildman–Crippen LogP) is 17.0. The lowest BCUT2D eigenvalue weighted by atomic mass is 9.74. The molecule has 6 unspecified atom stereocenters. The van der Waals surface area contributed by atoms with E-state index in [0.29, 0.717) is 11.5 Å². The molecule has 0 radical (unpaired) electrons. The van der Waals surface area contributed by atoms with Gasteiger partial charge in [0.25, 0.3) is 0 Å². The van der Waals surface area contributed by atoms with E-state index in [4.69, 9.17) is 4.99 Å². The molecule has 2 N–H and O–H groups in total. The normalized spacial score (nSPS) is 25.0. The van der Waals surface area contributed by atoms with Crippen LogP contribution in [0.25, 0.3) is 27.5 Å². The average Bonchev–Trinajstić information content (AvgIpc) is 4.21. The molecule has 77 heavy (non-hydrogen) atoms. The first-order chi connectivity index (χ1) is 36.4. The fraction of sp³-hybridized carbons (Fsp3) is 0.408. The Kier molecular flexibility index (Phi) is 11.9. The van der Waals surface area contributed by atoms with Gasteiger partial charge in [-0.3, -0.25) is 5.32 Å². The molecule has 6 atom stereocenters. The first kappa shape index (κ1) is 51.1. The number of fused-ring (bicyclic) bond motifs is 8. The lowest BCUT2D eigenvalue weighted by Crippen LogP contribution is -2.51. The van der Waals surface area contributed by atoms with Crippen molar-refractivity contribution in [3.8, 4) is 11.8 Å². The van der Waals surface area contributed by atoms with Crippen molar-refractivity contribution in [1.29, 1.82) is 5.26 Å². The monoisotopic (exact) mass is 1020 g/mol. The summed E-state index contributed by atoms with van der Waals surface area (Å²) in [6, 6.07) is 32.4. The van der Waals surface area contributed by atoms with E-state index < -0.39 is 0 Å². The minimum atomic E-state index is -0.252. The minimum Gasteiger partial charge on any atom is -0.350 e. The topological polar surface area (TPSA) is 68.4 Å². The molecule has 12 rings (SSSR count). The van der Waals surface area contributed by atoms with E-state index in [1.165, 1.54) is 61.0 Å².